The number of nitrogens with zero attached hydrogens (tertiary/aromatic N) is 3. The number of nitrogens with one attached hydrogen (secondary N) is 1. The number of hydrogen-bond donors (Lipinski definition) is 1. The minimum atomic E-state index is 0.911. The molecule has 16 heavy (non-hydrogen) atoms. The van der Waals surface area contributed by atoms with Crippen LogP contribution >= 0.6 is 0 Å². The molecule has 1 rings (SSSR count). The van der Waals surface area contributed by atoms with Gasteiger partial charge in [0.05, 0.1) is 0 Å². The third-order valence-electron chi connectivity index (χ3n) is 1.59. The topological polar surface area (TPSA) is 63.5 Å². The molecule has 0 amide bonds. The average Bonchev–Trinajstić information content (AvgIpc) is 2.32. The van der Waals surface area contributed by atoms with Crippen molar-refractivity contribution in [3.05, 3.63) is 49.3 Å². The Balaban J connectivity index is 0.000000385. The summed E-state index contributed by atoms with van der Waals surface area (Å²) < 4.78 is 1.93. The van der Waals surface area contributed by atoms with Crippen LogP contribution in [0.4, 0.5) is 0 Å². The molecule has 0 spiro atoms. The highest BCUT2D eigenvalue weighted by Gasteiger charge is 1.95. The van der Waals surface area contributed by atoms with Crippen molar-refractivity contribution in [2.75, 3.05) is 0 Å². The first kappa shape index (κ1) is 13.4. The Bertz CT molecular complexity index is 411. The number of pyridine rings is 1. The van der Waals surface area contributed by atoms with E-state index in [0.717, 1.165) is 6.42 Å². The van der Waals surface area contributed by atoms with Gasteiger partial charge in [0, 0.05) is 11.6 Å². The van der Waals surface area contributed by atoms with Crippen molar-refractivity contribution in [1.82, 2.24) is 5.32 Å². The van der Waals surface area contributed by atoms with Crippen LogP contribution in [-0.4, -0.2) is 0 Å². The van der Waals surface area contributed by atoms with Gasteiger partial charge in [-0.2, -0.15) is 15.1 Å². The normalized spacial score (nSPS) is 7.38. The highest BCUT2D eigenvalue weighted by Crippen LogP contribution is 1.95. The lowest BCUT2D eigenvalue weighted by Gasteiger charge is -1.91. The van der Waals surface area contributed by atoms with Crippen molar-refractivity contribution in [3.63, 3.8) is 0 Å². The van der Waals surface area contributed by atoms with Crippen LogP contribution in [0, 0.1) is 22.9 Å². The van der Waals surface area contributed by atoms with E-state index in [2.05, 4.69) is 19.2 Å². The molecule has 4 heteroatoms. The van der Waals surface area contributed by atoms with Crippen molar-refractivity contribution in [2.24, 2.45) is 0 Å². The quantitative estimate of drug-likeness (QED) is 0.356. The molecular weight excluding hydrogens is 200 g/mol. The molecule has 0 saturated carbocycles. The van der Waals surface area contributed by atoms with Gasteiger partial charge in [-0.05, 0) is 19.1 Å². The number of nitriles is 2. The van der Waals surface area contributed by atoms with E-state index in [1.807, 2.05) is 29.1 Å². The Morgan fingerprint density at radius 3 is 2.50 bits per heavy atom. The summed E-state index contributed by atoms with van der Waals surface area (Å²) in [6.07, 6.45) is 11.4. The predicted octanol–water partition coefficient (Wildman–Crippen LogP) is 1.34. The van der Waals surface area contributed by atoms with Crippen LogP contribution in [0.1, 0.15) is 5.56 Å². The van der Waals surface area contributed by atoms with Crippen molar-refractivity contribution in [1.29, 1.82) is 10.5 Å². The summed E-state index contributed by atoms with van der Waals surface area (Å²) in [5.41, 5.74) is 1.25. The molecule has 1 aromatic heterocycles. The van der Waals surface area contributed by atoms with Gasteiger partial charge in [0.25, 0.3) is 0 Å². The van der Waals surface area contributed by atoms with Crippen LogP contribution in [-0.2, 0) is 6.42 Å². The Morgan fingerprint density at radius 2 is 2.06 bits per heavy atom. The van der Waals surface area contributed by atoms with E-state index in [-0.39, 0.29) is 0 Å². The SMILES string of the molecule is C=CCc1ccc[n+](C=C)c1.N#CNC#N. The summed E-state index contributed by atoms with van der Waals surface area (Å²) in [7, 11) is 0. The lowest BCUT2D eigenvalue weighted by molar-refractivity contribution is -0.568. The summed E-state index contributed by atoms with van der Waals surface area (Å²) in [5.74, 6) is 0. The summed E-state index contributed by atoms with van der Waals surface area (Å²) in [6.45, 7) is 7.35. The summed E-state index contributed by atoms with van der Waals surface area (Å²) >= 11 is 0. The molecule has 4 nitrogen and oxygen atoms in total. The maximum atomic E-state index is 7.48. The average molecular weight is 213 g/mol. The largest absolute Gasteiger partial charge is 0.229 e. The van der Waals surface area contributed by atoms with E-state index in [0.29, 0.717) is 0 Å². The molecule has 0 unspecified atom stereocenters. The van der Waals surface area contributed by atoms with E-state index < -0.39 is 0 Å². The fourth-order valence-corrected chi connectivity index (χ4v) is 0.970. The molecule has 0 atom stereocenters. The molecular formula is C12H13N4+. The molecule has 0 radical (unpaired) electrons. The van der Waals surface area contributed by atoms with Crippen LogP contribution in [0.5, 0.6) is 0 Å². The van der Waals surface area contributed by atoms with E-state index in [4.69, 9.17) is 10.5 Å². The van der Waals surface area contributed by atoms with E-state index in [1.54, 1.807) is 11.5 Å². The van der Waals surface area contributed by atoms with E-state index in [1.165, 1.54) is 17.9 Å². The zero-order valence-corrected chi connectivity index (χ0v) is 8.93. The van der Waals surface area contributed by atoms with Crippen LogP contribution in [0.3, 0.4) is 0 Å². The second-order valence-corrected chi connectivity index (χ2v) is 2.68. The third-order valence-corrected chi connectivity index (χ3v) is 1.59. The van der Waals surface area contributed by atoms with Crippen molar-refractivity contribution < 1.29 is 4.57 Å². The summed E-state index contributed by atoms with van der Waals surface area (Å²) in [5, 5.41) is 16.7. The molecule has 0 aliphatic carbocycles. The molecule has 0 aliphatic heterocycles. The van der Waals surface area contributed by atoms with Crippen molar-refractivity contribution >= 4 is 6.20 Å². The lowest BCUT2D eigenvalue weighted by Crippen LogP contribution is -2.24. The van der Waals surface area contributed by atoms with Crippen molar-refractivity contribution in [3.8, 4) is 12.4 Å². The maximum absolute atomic E-state index is 7.48. The second kappa shape index (κ2) is 8.98. The molecule has 80 valence electrons. The van der Waals surface area contributed by atoms with Gasteiger partial charge < -0.3 is 0 Å². The Hall–Kier alpha value is -2.59. The maximum Gasteiger partial charge on any atom is 0.190 e. The first-order valence-corrected chi connectivity index (χ1v) is 4.54. The van der Waals surface area contributed by atoms with E-state index in [9.17, 15) is 0 Å². The number of rotatable bonds is 3. The minimum absolute atomic E-state index is 0.911. The first-order valence-electron chi connectivity index (χ1n) is 4.54. The molecule has 1 N–H and O–H groups in total. The smallest absolute Gasteiger partial charge is 0.190 e. The van der Waals surface area contributed by atoms with Gasteiger partial charge in [0.2, 0.25) is 0 Å². The number of allylic oxidation sites excluding steroid dienone is 1. The zero-order chi connectivity index (χ0) is 12.2. The fraction of sp³-hybridized carbons (Fsp3) is 0.0833. The lowest BCUT2D eigenvalue weighted by atomic mass is 10.2. The third kappa shape index (κ3) is 5.95. The van der Waals surface area contributed by atoms with Gasteiger partial charge in [-0.15, -0.1) is 6.58 Å². The number of hydrogen-bond acceptors (Lipinski definition) is 3. The molecule has 0 aromatic carbocycles. The van der Waals surface area contributed by atoms with Crippen molar-refractivity contribution in [2.45, 2.75) is 6.42 Å². The van der Waals surface area contributed by atoms with Gasteiger partial charge in [-0.3, -0.25) is 0 Å². The fourth-order valence-electron chi connectivity index (χ4n) is 0.970. The van der Waals surface area contributed by atoms with Gasteiger partial charge in [-0.1, -0.05) is 6.08 Å². The van der Waals surface area contributed by atoms with Crippen LogP contribution < -0.4 is 9.88 Å². The highest BCUT2D eigenvalue weighted by molar-refractivity contribution is 5.11. The molecule has 0 aliphatic rings. The van der Waals surface area contributed by atoms with Gasteiger partial charge in [0.1, 0.15) is 0 Å². The zero-order valence-electron chi connectivity index (χ0n) is 8.93. The molecule has 1 heterocycles. The molecule has 1 aromatic rings. The number of aromatic nitrogens is 1. The molecule has 0 fully saturated rings. The summed E-state index contributed by atoms with van der Waals surface area (Å²) in [4.78, 5) is 0. The first-order chi connectivity index (χ1) is 7.78. The second-order valence-electron chi connectivity index (χ2n) is 2.68. The van der Waals surface area contributed by atoms with Crippen LogP contribution in [0.2, 0.25) is 0 Å². The van der Waals surface area contributed by atoms with Gasteiger partial charge in [-0.25, -0.2) is 5.32 Å². The Morgan fingerprint density at radius 1 is 1.38 bits per heavy atom. The van der Waals surface area contributed by atoms with E-state index >= 15 is 0 Å². The Labute approximate surface area is 95.4 Å². The molecule has 0 bridgehead atoms. The monoisotopic (exact) mass is 213 g/mol. The van der Waals surface area contributed by atoms with Crippen LogP contribution in [0.15, 0.2) is 43.8 Å². The minimum Gasteiger partial charge on any atom is -0.229 e. The summed E-state index contributed by atoms with van der Waals surface area (Å²) in [6, 6.07) is 4.07. The van der Waals surface area contributed by atoms with Crippen LogP contribution in [0.25, 0.3) is 6.20 Å². The standard InChI is InChI=1S/C10H12N.C2HN3/c1-3-6-10-7-5-8-11(4-2)9-10;3-1-5-2-4/h3-5,7-9H,1-2,6H2;5H/q+1;. The van der Waals surface area contributed by atoms with Gasteiger partial charge >= 0.3 is 0 Å². The predicted molar refractivity (Wildman–Crippen MR) is 61.3 cm³/mol. The Kier molecular flexibility index (Phi) is 7.53. The highest BCUT2D eigenvalue weighted by atomic mass is 14.9. The molecule has 0 saturated heterocycles. The van der Waals surface area contributed by atoms with Gasteiger partial charge in [0.15, 0.2) is 31.0 Å².